The number of nitrogens with two attached hydrogens (primary N) is 1. The number of aromatic nitrogens is 1. The van der Waals surface area contributed by atoms with Crippen molar-refractivity contribution in [1.82, 2.24) is 15.6 Å². The number of hydrogen-bond donors (Lipinski definition) is 4. The monoisotopic (exact) mass is 378 g/mol. The molecule has 1 aliphatic carbocycles. The number of H-pyrrole nitrogens is 1. The van der Waals surface area contributed by atoms with Gasteiger partial charge in [0, 0.05) is 33.7 Å². The highest BCUT2D eigenvalue weighted by molar-refractivity contribution is 9.10. The molecule has 0 fully saturated rings. The summed E-state index contributed by atoms with van der Waals surface area (Å²) in [6.07, 6.45) is 4.39. The molecule has 6 heteroatoms. The molecule has 5 nitrogen and oxygen atoms in total. The first-order valence-electron chi connectivity index (χ1n) is 8.19. The van der Waals surface area contributed by atoms with E-state index < -0.39 is 0 Å². The summed E-state index contributed by atoms with van der Waals surface area (Å²) in [4.78, 5) is 14.7. The van der Waals surface area contributed by atoms with Crippen molar-refractivity contribution in [3.63, 3.8) is 0 Å². The number of nitrogens with one attached hydrogen (secondary N) is 3. The summed E-state index contributed by atoms with van der Waals surface area (Å²) in [5, 5.41) is 7.75. The first kappa shape index (κ1) is 16.5. The van der Waals surface area contributed by atoms with Crippen LogP contribution in [0.1, 0.15) is 36.6 Å². The molecule has 1 aromatic carbocycles. The minimum absolute atomic E-state index is 0.0596. The van der Waals surface area contributed by atoms with E-state index in [1.807, 2.05) is 0 Å². The van der Waals surface area contributed by atoms with Crippen LogP contribution in [-0.4, -0.2) is 30.5 Å². The van der Waals surface area contributed by atoms with Gasteiger partial charge < -0.3 is 21.4 Å². The molecule has 1 amide bonds. The number of aryl methyl sites for hydroxylation is 1. The van der Waals surface area contributed by atoms with Gasteiger partial charge in [-0.1, -0.05) is 15.9 Å². The van der Waals surface area contributed by atoms with Crippen LogP contribution in [0.25, 0.3) is 10.9 Å². The lowest BCUT2D eigenvalue weighted by Crippen LogP contribution is -2.33. The van der Waals surface area contributed by atoms with Crippen LogP contribution < -0.4 is 16.4 Å². The topological polar surface area (TPSA) is 82.9 Å². The average molecular weight is 379 g/mol. The molecule has 0 spiro atoms. The van der Waals surface area contributed by atoms with Gasteiger partial charge in [-0.15, -0.1) is 0 Å². The molecule has 0 aliphatic heterocycles. The number of rotatable bonds is 6. The van der Waals surface area contributed by atoms with Crippen LogP contribution in [0.3, 0.4) is 0 Å². The van der Waals surface area contributed by atoms with Crippen molar-refractivity contribution in [3.05, 3.63) is 33.9 Å². The summed E-state index contributed by atoms with van der Waals surface area (Å²) in [7, 11) is 0. The number of halogens is 1. The molecule has 1 heterocycles. The molecule has 0 saturated carbocycles. The van der Waals surface area contributed by atoms with E-state index in [1.54, 1.807) is 0 Å². The molecular weight excluding hydrogens is 356 g/mol. The molecule has 1 unspecified atom stereocenters. The third kappa shape index (κ3) is 3.76. The SMILES string of the molecule is NCC(=O)NCCCNC1CCCc2c1[nH]c1ccc(Br)cc21. The van der Waals surface area contributed by atoms with Crippen LogP contribution in [0.4, 0.5) is 0 Å². The Bertz CT molecular complexity index is 697. The Morgan fingerprint density at radius 2 is 2.26 bits per heavy atom. The highest BCUT2D eigenvalue weighted by Gasteiger charge is 2.23. The van der Waals surface area contributed by atoms with E-state index in [2.05, 4.69) is 49.7 Å². The number of carbonyl (C=O) groups excluding carboxylic acids is 1. The summed E-state index contributed by atoms with van der Waals surface area (Å²) >= 11 is 3.56. The van der Waals surface area contributed by atoms with Gasteiger partial charge in [0.1, 0.15) is 0 Å². The number of aromatic amines is 1. The molecule has 1 aromatic heterocycles. The van der Waals surface area contributed by atoms with Crippen molar-refractivity contribution >= 4 is 32.7 Å². The lowest BCUT2D eigenvalue weighted by Gasteiger charge is -2.24. The Balaban J connectivity index is 1.63. The summed E-state index contributed by atoms with van der Waals surface area (Å²) in [6, 6.07) is 6.79. The van der Waals surface area contributed by atoms with Crippen LogP contribution in [0.5, 0.6) is 0 Å². The van der Waals surface area contributed by atoms with E-state index in [1.165, 1.54) is 28.6 Å². The Morgan fingerprint density at radius 1 is 1.39 bits per heavy atom. The average Bonchev–Trinajstić information content (AvgIpc) is 2.93. The fourth-order valence-corrected chi connectivity index (χ4v) is 3.66. The van der Waals surface area contributed by atoms with E-state index in [0.717, 1.165) is 30.3 Å². The van der Waals surface area contributed by atoms with Crippen molar-refractivity contribution in [1.29, 1.82) is 0 Å². The number of benzene rings is 1. The largest absolute Gasteiger partial charge is 0.357 e. The molecule has 3 rings (SSSR count). The number of fused-ring (bicyclic) bond motifs is 3. The molecule has 0 radical (unpaired) electrons. The lowest BCUT2D eigenvalue weighted by molar-refractivity contribution is -0.119. The minimum Gasteiger partial charge on any atom is -0.357 e. The Labute approximate surface area is 144 Å². The maximum Gasteiger partial charge on any atom is 0.233 e. The van der Waals surface area contributed by atoms with Gasteiger partial charge in [-0.3, -0.25) is 4.79 Å². The van der Waals surface area contributed by atoms with E-state index >= 15 is 0 Å². The quantitative estimate of drug-likeness (QED) is 0.582. The van der Waals surface area contributed by atoms with Gasteiger partial charge in [-0.25, -0.2) is 0 Å². The second kappa shape index (κ2) is 7.47. The summed E-state index contributed by atoms with van der Waals surface area (Å²) in [5.74, 6) is -0.0915. The van der Waals surface area contributed by atoms with Crippen molar-refractivity contribution in [3.8, 4) is 0 Å². The van der Waals surface area contributed by atoms with Crippen LogP contribution >= 0.6 is 15.9 Å². The second-order valence-corrected chi connectivity index (χ2v) is 6.93. The standard InChI is InChI=1S/C17H23BrN4O/c18-11-5-6-14-13(9-11)12-3-1-4-15(17(12)22-14)20-7-2-8-21-16(23)10-19/h5-6,9,15,20,22H,1-4,7-8,10,19H2,(H,21,23). The molecule has 124 valence electrons. The zero-order valence-electron chi connectivity index (χ0n) is 13.1. The van der Waals surface area contributed by atoms with E-state index in [4.69, 9.17) is 5.73 Å². The summed E-state index contributed by atoms with van der Waals surface area (Å²) in [5.41, 5.74) is 9.25. The van der Waals surface area contributed by atoms with E-state index in [0.29, 0.717) is 12.6 Å². The van der Waals surface area contributed by atoms with Crippen LogP contribution in [-0.2, 0) is 11.2 Å². The van der Waals surface area contributed by atoms with Crippen LogP contribution in [0.2, 0.25) is 0 Å². The highest BCUT2D eigenvalue weighted by atomic mass is 79.9. The number of hydrogen-bond acceptors (Lipinski definition) is 3. The predicted octanol–water partition coefficient (Wildman–Crippen LogP) is 2.36. The number of carbonyl (C=O) groups is 1. The maximum absolute atomic E-state index is 11.1. The fraction of sp³-hybridized carbons (Fsp3) is 0.471. The molecule has 5 N–H and O–H groups in total. The Morgan fingerprint density at radius 3 is 3.09 bits per heavy atom. The first-order valence-corrected chi connectivity index (χ1v) is 8.98. The molecular formula is C17H23BrN4O. The van der Waals surface area contributed by atoms with Crippen molar-refractivity contribution in [2.75, 3.05) is 19.6 Å². The fourth-order valence-electron chi connectivity index (χ4n) is 3.30. The molecule has 0 bridgehead atoms. The van der Waals surface area contributed by atoms with Gasteiger partial charge in [-0.05, 0) is 56.0 Å². The first-order chi connectivity index (χ1) is 11.2. The van der Waals surface area contributed by atoms with Gasteiger partial charge in [0.2, 0.25) is 5.91 Å². The number of amides is 1. The molecule has 1 aliphatic rings. The summed E-state index contributed by atoms with van der Waals surface area (Å²) in [6.45, 7) is 1.61. The maximum atomic E-state index is 11.1. The second-order valence-electron chi connectivity index (χ2n) is 6.01. The zero-order chi connectivity index (χ0) is 16.2. The van der Waals surface area contributed by atoms with Crippen molar-refractivity contribution in [2.24, 2.45) is 5.73 Å². The van der Waals surface area contributed by atoms with Gasteiger partial charge >= 0.3 is 0 Å². The molecule has 23 heavy (non-hydrogen) atoms. The summed E-state index contributed by atoms with van der Waals surface area (Å²) < 4.78 is 1.12. The zero-order valence-corrected chi connectivity index (χ0v) is 14.7. The third-order valence-electron chi connectivity index (χ3n) is 4.42. The Kier molecular flexibility index (Phi) is 5.35. The lowest BCUT2D eigenvalue weighted by atomic mass is 9.91. The molecule has 2 aromatic rings. The molecule has 1 atom stereocenters. The predicted molar refractivity (Wildman–Crippen MR) is 96.4 cm³/mol. The van der Waals surface area contributed by atoms with Gasteiger partial charge in [0.05, 0.1) is 6.54 Å². The van der Waals surface area contributed by atoms with E-state index in [-0.39, 0.29) is 12.5 Å². The van der Waals surface area contributed by atoms with E-state index in [9.17, 15) is 4.79 Å². The van der Waals surface area contributed by atoms with Crippen molar-refractivity contribution < 1.29 is 4.79 Å². The smallest absolute Gasteiger partial charge is 0.233 e. The van der Waals surface area contributed by atoms with Crippen LogP contribution in [0.15, 0.2) is 22.7 Å². The normalized spacial score (nSPS) is 17.2. The van der Waals surface area contributed by atoms with Gasteiger partial charge in [-0.2, -0.15) is 0 Å². The van der Waals surface area contributed by atoms with Crippen LogP contribution in [0, 0.1) is 0 Å². The third-order valence-corrected chi connectivity index (χ3v) is 4.91. The molecule has 0 saturated heterocycles. The van der Waals surface area contributed by atoms with Gasteiger partial charge in [0.15, 0.2) is 0 Å². The Hall–Kier alpha value is -1.37. The minimum atomic E-state index is -0.0915. The van der Waals surface area contributed by atoms with Gasteiger partial charge in [0.25, 0.3) is 0 Å². The van der Waals surface area contributed by atoms with Crippen molar-refractivity contribution in [2.45, 2.75) is 31.7 Å². The highest BCUT2D eigenvalue weighted by Crippen LogP contribution is 2.35.